The molecular formula is C23H25NO3. The van der Waals surface area contributed by atoms with E-state index in [9.17, 15) is 4.79 Å². The number of rotatable bonds is 5. The quantitative estimate of drug-likeness (QED) is 0.502. The van der Waals surface area contributed by atoms with Crippen molar-refractivity contribution in [2.45, 2.75) is 37.3 Å². The average Bonchev–Trinajstić information content (AvgIpc) is 3.12. The van der Waals surface area contributed by atoms with Gasteiger partial charge in [0.05, 0.1) is 13.7 Å². The second-order valence-electron chi connectivity index (χ2n) is 6.99. The predicted molar refractivity (Wildman–Crippen MR) is 105 cm³/mol. The van der Waals surface area contributed by atoms with Crippen LogP contribution in [-0.2, 0) is 20.9 Å². The van der Waals surface area contributed by atoms with Crippen molar-refractivity contribution in [3.63, 3.8) is 0 Å². The molecule has 0 saturated heterocycles. The number of nitrogens with two attached hydrogens (primary N) is 1. The minimum Gasteiger partial charge on any atom is -0.468 e. The largest absolute Gasteiger partial charge is 0.468 e. The second kappa shape index (κ2) is 8.85. The molecule has 0 heterocycles. The van der Waals surface area contributed by atoms with Crippen molar-refractivity contribution in [3.8, 4) is 11.8 Å². The molecule has 2 atom stereocenters. The van der Waals surface area contributed by atoms with Gasteiger partial charge >= 0.3 is 5.97 Å². The van der Waals surface area contributed by atoms with E-state index in [4.69, 9.17) is 15.2 Å². The Labute approximate surface area is 160 Å². The molecule has 1 aliphatic carbocycles. The van der Waals surface area contributed by atoms with Gasteiger partial charge in [0.1, 0.15) is 12.1 Å². The van der Waals surface area contributed by atoms with Gasteiger partial charge in [-0.25, -0.2) is 0 Å². The van der Waals surface area contributed by atoms with Gasteiger partial charge in [0.15, 0.2) is 0 Å². The van der Waals surface area contributed by atoms with Crippen molar-refractivity contribution in [2.75, 3.05) is 13.7 Å². The number of carbonyl (C=O) groups is 1. The van der Waals surface area contributed by atoms with Crippen molar-refractivity contribution in [2.24, 2.45) is 5.73 Å². The topological polar surface area (TPSA) is 61.5 Å². The summed E-state index contributed by atoms with van der Waals surface area (Å²) in [5.74, 6) is 6.13. The molecule has 1 fully saturated rings. The summed E-state index contributed by atoms with van der Waals surface area (Å²) in [5.41, 5.74) is 8.63. The Morgan fingerprint density at radius 1 is 1.19 bits per heavy atom. The first-order valence-electron chi connectivity index (χ1n) is 9.18. The Kier molecular flexibility index (Phi) is 6.28. The number of esters is 1. The molecule has 4 heteroatoms. The van der Waals surface area contributed by atoms with E-state index in [1.165, 1.54) is 12.7 Å². The fraction of sp³-hybridized carbons (Fsp3) is 0.348. The Morgan fingerprint density at radius 2 is 1.93 bits per heavy atom. The Hall–Kier alpha value is -2.61. The number of carbonyl (C=O) groups excluding carboxylic acids is 1. The average molecular weight is 363 g/mol. The molecule has 0 spiro atoms. The summed E-state index contributed by atoms with van der Waals surface area (Å²) < 4.78 is 10.4. The number of benzene rings is 2. The van der Waals surface area contributed by atoms with Gasteiger partial charge in [0.25, 0.3) is 0 Å². The first-order valence-corrected chi connectivity index (χ1v) is 9.18. The summed E-state index contributed by atoms with van der Waals surface area (Å²) in [6, 6.07) is 18.2. The molecule has 2 unspecified atom stereocenters. The van der Waals surface area contributed by atoms with Crippen LogP contribution in [0.25, 0.3) is 0 Å². The van der Waals surface area contributed by atoms with E-state index in [1.54, 1.807) is 0 Å². The monoisotopic (exact) mass is 363 g/mol. The van der Waals surface area contributed by atoms with Gasteiger partial charge in [-0.15, -0.1) is 0 Å². The van der Waals surface area contributed by atoms with Gasteiger partial charge in [-0.05, 0) is 48.4 Å². The first-order chi connectivity index (χ1) is 13.1. The Bertz CT molecular complexity index is 820. The van der Waals surface area contributed by atoms with Crippen LogP contribution in [0.2, 0.25) is 0 Å². The van der Waals surface area contributed by atoms with Gasteiger partial charge in [-0.3, -0.25) is 4.79 Å². The third kappa shape index (κ3) is 4.97. The lowest BCUT2D eigenvalue weighted by Gasteiger charge is -2.20. The lowest BCUT2D eigenvalue weighted by Crippen LogP contribution is -2.46. The van der Waals surface area contributed by atoms with E-state index in [0.29, 0.717) is 26.1 Å². The van der Waals surface area contributed by atoms with Crippen LogP contribution in [0.15, 0.2) is 54.6 Å². The molecule has 0 amide bonds. The van der Waals surface area contributed by atoms with E-state index < -0.39 is 5.54 Å². The SMILES string of the molecule is COC(=O)C1(N)CCC(c2ccc(C#CCOCc3ccccc3)cc2)C1. The highest BCUT2D eigenvalue weighted by atomic mass is 16.5. The zero-order chi connectivity index (χ0) is 19.1. The Morgan fingerprint density at radius 3 is 2.63 bits per heavy atom. The maximum absolute atomic E-state index is 11.9. The maximum Gasteiger partial charge on any atom is 0.325 e. The third-order valence-electron chi connectivity index (χ3n) is 5.04. The molecular weight excluding hydrogens is 338 g/mol. The van der Waals surface area contributed by atoms with Crippen LogP contribution in [0.4, 0.5) is 0 Å². The molecule has 0 aromatic heterocycles. The zero-order valence-electron chi connectivity index (χ0n) is 15.6. The lowest BCUT2D eigenvalue weighted by molar-refractivity contribution is -0.146. The van der Waals surface area contributed by atoms with E-state index in [2.05, 4.69) is 24.0 Å². The molecule has 27 heavy (non-hydrogen) atoms. The summed E-state index contributed by atoms with van der Waals surface area (Å²) in [7, 11) is 1.39. The van der Waals surface area contributed by atoms with Crippen LogP contribution in [0.5, 0.6) is 0 Å². The van der Waals surface area contributed by atoms with Gasteiger partial charge < -0.3 is 15.2 Å². The van der Waals surface area contributed by atoms with E-state index in [0.717, 1.165) is 17.5 Å². The standard InChI is InChI=1S/C23H25NO3/c1-26-22(25)23(24)14-13-21(16-23)20-11-9-18(10-12-20)8-5-15-27-17-19-6-3-2-4-7-19/h2-4,6-7,9-12,21H,13-17,24H2,1H3. The third-order valence-corrected chi connectivity index (χ3v) is 5.04. The zero-order valence-corrected chi connectivity index (χ0v) is 15.6. The van der Waals surface area contributed by atoms with Gasteiger partial charge in [0, 0.05) is 5.56 Å². The predicted octanol–water partition coefficient (Wildman–Crippen LogP) is 3.39. The Balaban J connectivity index is 1.50. The number of hydrogen-bond acceptors (Lipinski definition) is 4. The lowest BCUT2D eigenvalue weighted by atomic mass is 9.93. The van der Waals surface area contributed by atoms with Crippen LogP contribution in [-0.4, -0.2) is 25.2 Å². The van der Waals surface area contributed by atoms with Crippen molar-refractivity contribution < 1.29 is 14.3 Å². The number of hydrogen-bond donors (Lipinski definition) is 1. The number of ether oxygens (including phenoxy) is 2. The summed E-state index contributed by atoms with van der Waals surface area (Å²) in [6.45, 7) is 0.964. The van der Waals surface area contributed by atoms with Crippen molar-refractivity contribution in [1.82, 2.24) is 0 Å². The molecule has 0 aliphatic heterocycles. The molecule has 140 valence electrons. The van der Waals surface area contributed by atoms with Gasteiger partial charge in [-0.2, -0.15) is 0 Å². The molecule has 0 bridgehead atoms. The minimum absolute atomic E-state index is 0.283. The smallest absolute Gasteiger partial charge is 0.325 e. The fourth-order valence-electron chi connectivity index (χ4n) is 3.52. The van der Waals surface area contributed by atoms with E-state index in [1.807, 2.05) is 42.5 Å². The van der Waals surface area contributed by atoms with Crippen LogP contribution in [0, 0.1) is 11.8 Å². The highest BCUT2D eigenvalue weighted by Gasteiger charge is 2.43. The highest BCUT2D eigenvalue weighted by molar-refractivity contribution is 5.81. The van der Waals surface area contributed by atoms with Gasteiger partial charge in [0.2, 0.25) is 0 Å². The summed E-state index contributed by atoms with van der Waals surface area (Å²) >= 11 is 0. The molecule has 2 aromatic rings. The summed E-state index contributed by atoms with van der Waals surface area (Å²) in [5, 5.41) is 0. The number of methoxy groups -OCH3 is 1. The minimum atomic E-state index is -0.853. The molecule has 1 aliphatic rings. The van der Waals surface area contributed by atoms with Crippen LogP contribution in [0.3, 0.4) is 0 Å². The second-order valence-corrected chi connectivity index (χ2v) is 6.99. The van der Waals surface area contributed by atoms with Crippen molar-refractivity contribution in [3.05, 3.63) is 71.3 Å². The highest BCUT2D eigenvalue weighted by Crippen LogP contribution is 2.40. The summed E-state index contributed by atoms with van der Waals surface area (Å²) in [6.07, 6.45) is 2.17. The molecule has 2 N–H and O–H groups in total. The first kappa shape index (κ1) is 19.2. The molecule has 2 aromatic carbocycles. The van der Waals surface area contributed by atoms with Gasteiger partial charge in [-0.1, -0.05) is 54.3 Å². The van der Waals surface area contributed by atoms with E-state index in [-0.39, 0.29) is 11.9 Å². The van der Waals surface area contributed by atoms with Crippen LogP contribution in [0.1, 0.15) is 41.9 Å². The molecule has 3 rings (SSSR count). The van der Waals surface area contributed by atoms with Crippen LogP contribution >= 0.6 is 0 Å². The van der Waals surface area contributed by atoms with E-state index >= 15 is 0 Å². The van der Waals surface area contributed by atoms with Crippen LogP contribution < -0.4 is 5.73 Å². The normalized spacial score (nSPS) is 21.3. The summed E-state index contributed by atoms with van der Waals surface area (Å²) in [4.78, 5) is 11.9. The van der Waals surface area contributed by atoms with Crippen molar-refractivity contribution >= 4 is 5.97 Å². The van der Waals surface area contributed by atoms with Crippen molar-refractivity contribution in [1.29, 1.82) is 0 Å². The molecule has 0 radical (unpaired) electrons. The molecule has 1 saturated carbocycles. The maximum atomic E-state index is 11.9. The molecule has 4 nitrogen and oxygen atoms in total. The fourth-order valence-corrected chi connectivity index (χ4v) is 3.52.